The van der Waals surface area contributed by atoms with Crippen LogP contribution in [-0.4, -0.2) is 15.9 Å². The summed E-state index contributed by atoms with van der Waals surface area (Å²) < 4.78 is 6.66. The first-order chi connectivity index (χ1) is 16.4. The van der Waals surface area contributed by atoms with Crippen LogP contribution in [0.4, 0.5) is 0 Å². The molecule has 5 heteroatoms. The first kappa shape index (κ1) is 27.8. The van der Waals surface area contributed by atoms with E-state index >= 15 is 0 Å². The molecule has 0 fully saturated rings. The molecule has 1 aliphatic carbocycles. The van der Waals surface area contributed by atoms with Crippen molar-refractivity contribution in [3.05, 3.63) is 77.2 Å². The Hall–Kier alpha value is -2.75. The van der Waals surface area contributed by atoms with Gasteiger partial charge in [-0.2, -0.15) is 0 Å². The molecule has 0 atom stereocenters. The number of aromatic nitrogens is 1. The number of aliphatic hydroxyl groups is 1. The van der Waals surface area contributed by atoms with Crippen molar-refractivity contribution in [3.63, 3.8) is 0 Å². The summed E-state index contributed by atoms with van der Waals surface area (Å²) in [6.45, 7) is 14.5. The minimum Gasteiger partial charge on any atom is -0.512 e. The summed E-state index contributed by atoms with van der Waals surface area (Å²) in [4.78, 5) is 14.7. The topological polar surface area (TPSA) is 63.3 Å². The fourth-order valence-electron chi connectivity index (χ4n) is 5.19. The molecule has 191 valence electrons. The molecular weight excluding hydrogens is 627 g/mol. The van der Waals surface area contributed by atoms with Crippen LogP contribution in [0.5, 0.6) is 0 Å². The summed E-state index contributed by atoms with van der Waals surface area (Å²) in [6, 6.07) is 15.8. The number of allylic oxidation sites excluding steroid dienone is 2. The van der Waals surface area contributed by atoms with E-state index < -0.39 is 0 Å². The van der Waals surface area contributed by atoms with Crippen molar-refractivity contribution in [1.29, 1.82) is 0 Å². The Labute approximate surface area is 227 Å². The molecule has 0 saturated carbocycles. The van der Waals surface area contributed by atoms with Crippen LogP contribution in [0.2, 0.25) is 0 Å². The van der Waals surface area contributed by atoms with Gasteiger partial charge in [-0.3, -0.25) is 4.79 Å². The molecular formula is C31H34IrNO3-. The first-order valence-electron chi connectivity index (χ1n) is 12.1. The molecule has 0 saturated heterocycles. The molecule has 2 aromatic carbocycles. The minimum absolute atomic E-state index is 0. The number of aliphatic hydroxyl groups excluding tert-OH is 1. The number of furan rings is 1. The first-order valence-corrected chi connectivity index (χ1v) is 12.1. The summed E-state index contributed by atoms with van der Waals surface area (Å²) >= 11 is 0. The van der Waals surface area contributed by atoms with Crippen LogP contribution in [0.15, 0.2) is 58.8 Å². The second-order valence-corrected chi connectivity index (χ2v) is 10.9. The Morgan fingerprint density at radius 3 is 2.36 bits per heavy atom. The molecule has 1 N–H and O–H groups in total. The average molecular weight is 661 g/mol. The van der Waals surface area contributed by atoms with Crippen LogP contribution in [0.25, 0.3) is 33.2 Å². The van der Waals surface area contributed by atoms with E-state index in [2.05, 4.69) is 57.8 Å². The molecule has 4 nitrogen and oxygen atoms in total. The van der Waals surface area contributed by atoms with Gasteiger partial charge >= 0.3 is 0 Å². The monoisotopic (exact) mass is 661 g/mol. The average Bonchev–Trinajstić information content (AvgIpc) is 3.17. The third kappa shape index (κ3) is 5.19. The van der Waals surface area contributed by atoms with Gasteiger partial charge in [-0.15, -0.1) is 35.9 Å². The van der Waals surface area contributed by atoms with E-state index in [-0.39, 0.29) is 42.5 Å². The number of pyridine rings is 1. The molecule has 0 bridgehead atoms. The van der Waals surface area contributed by atoms with Crippen molar-refractivity contribution in [2.24, 2.45) is 0 Å². The SMILES string of the molecule is CC(=O)/C=C(/C)O.Cc1cc2c(c3oc4c(-c5[c-]cccc5)nccc4c13)C(C)(C)CCC2(C)C.[Ir]. The van der Waals surface area contributed by atoms with Gasteiger partial charge in [0.1, 0.15) is 11.2 Å². The van der Waals surface area contributed by atoms with Gasteiger partial charge in [-0.25, -0.2) is 0 Å². The Morgan fingerprint density at radius 2 is 1.78 bits per heavy atom. The number of rotatable bonds is 2. The van der Waals surface area contributed by atoms with Crippen molar-refractivity contribution in [2.45, 2.75) is 72.1 Å². The van der Waals surface area contributed by atoms with Gasteiger partial charge in [-0.05, 0) is 61.6 Å². The van der Waals surface area contributed by atoms with Crippen molar-refractivity contribution in [1.82, 2.24) is 4.98 Å². The number of carbonyl (C=O) groups is 1. The number of ketones is 1. The number of hydrogen-bond donors (Lipinski definition) is 1. The Kier molecular flexibility index (Phi) is 7.98. The molecule has 0 spiro atoms. The molecule has 4 aromatic rings. The second-order valence-electron chi connectivity index (χ2n) is 10.9. The smallest absolute Gasteiger partial charge is 0.155 e. The van der Waals surface area contributed by atoms with Crippen molar-refractivity contribution in [2.75, 3.05) is 0 Å². The van der Waals surface area contributed by atoms with Crippen molar-refractivity contribution < 1.29 is 34.4 Å². The number of carbonyl (C=O) groups excluding carboxylic acids is 1. The van der Waals surface area contributed by atoms with Crippen molar-refractivity contribution >= 4 is 27.7 Å². The van der Waals surface area contributed by atoms with Gasteiger partial charge in [0, 0.05) is 54.4 Å². The van der Waals surface area contributed by atoms with Crippen LogP contribution >= 0.6 is 0 Å². The Bertz CT molecular complexity index is 1440. The fourth-order valence-corrected chi connectivity index (χ4v) is 5.19. The molecule has 0 amide bonds. The maximum Gasteiger partial charge on any atom is 0.155 e. The summed E-state index contributed by atoms with van der Waals surface area (Å²) in [6.07, 6.45) is 5.42. The zero-order valence-electron chi connectivity index (χ0n) is 22.1. The number of benzene rings is 2. The third-order valence-corrected chi connectivity index (χ3v) is 7.01. The second kappa shape index (κ2) is 10.3. The molecule has 1 aliphatic rings. The van der Waals surface area contributed by atoms with E-state index in [1.54, 1.807) is 0 Å². The summed E-state index contributed by atoms with van der Waals surface area (Å²) in [7, 11) is 0. The summed E-state index contributed by atoms with van der Waals surface area (Å²) in [5, 5.41) is 10.7. The van der Waals surface area contributed by atoms with E-state index in [9.17, 15) is 4.79 Å². The van der Waals surface area contributed by atoms with Crippen LogP contribution in [0, 0.1) is 13.0 Å². The third-order valence-electron chi connectivity index (χ3n) is 7.01. The van der Waals surface area contributed by atoms with Crippen LogP contribution in [0.3, 0.4) is 0 Å². The molecule has 2 heterocycles. The standard InChI is InChI=1S/C26H26NO.C5H8O2.Ir/c1-16-15-19-21(26(4,5)13-12-25(19,2)3)24-20(16)18-11-14-27-22(23(18)28-24)17-9-7-6-8-10-17;1-4(6)3-5(2)7;/h6-9,11,14-15H,12-13H2,1-5H3;3,6H,1-2H3;/q-1;;/b;4-3-;. The zero-order chi connectivity index (χ0) is 25.5. The van der Waals surface area contributed by atoms with Crippen LogP contribution in [-0.2, 0) is 35.7 Å². The van der Waals surface area contributed by atoms with Gasteiger partial charge in [-0.1, -0.05) is 33.8 Å². The summed E-state index contributed by atoms with van der Waals surface area (Å²) in [5.74, 6) is -0.0625. The Balaban J connectivity index is 0.000000400. The normalized spacial score (nSPS) is 16.0. The van der Waals surface area contributed by atoms with E-state index in [0.717, 1.165) is 27.8 Å². The quantitative estimate of drug-likeness (QED) is 0.134. The van der Waals surface area contributed by atoms with E-state index in [0.29, 0.717) is 0 Å². The maximum atomic E-state index is 10.0. The van der Waals surface area contributed by atoms with Gasteiger partial charge in [0.2, 0.25) is 0 Å². The van der Waals surface area contributed by atoms with Gasteiger partial charge in [0.15, 0.2) is 5.78 Å². The van der Waals surface area contributed by atoms with E-state index in [1.807, 2.05) is 30.5 Å². The molecule has 36 heavy (non-hydrogen) atoms. The van der Waals surface area contributed by atoms with Gasteiger partial charge < -0.3 is 14.5 Å². The van der Waals surface area contributed by atoms with Crippen molar-refractivity contribution in [3.8, 4) is 11.3 Å². The zero-order valence-corrected chi connectivity index (χ0v) is 24.5. The largest absolute Gasteiger partial charge is 0.512 e. The number of fused-ring (bicyclic) bond motifs is 5. The van der Waals surface area contributed by atoms with E-state index in [4.69, 9.17) is 9.52 Å². The number of hydrogen-bond acceptors (Lipinski definition) is 4. The Morgan fingerprint density at radius 1 is 1.08 bits per heavy atom. The predicted molar refractivity (Wildman–Crippen MR) is 143 cm³/mol. The summed E-state index contributed by atoms with van der Waals surface area (Å²) in [5.41, 5.74) is 8.12. The molecule has 1 radical (unpaired) electrons. The molecule has 5 rings (SSSR count). The predicted octanol–water partition coefficient (Wildman–Crippen LogP) is 8.14. The maximum absolute atomic E-state index is 10.0. The molecule has 2 aromatic heterocycles. The van der Waals surface area contributed by atoms with Crippen LogP contribution in [0.1, 0.15) is 71.1 Å². The molecule has 0 unspecified atom stereocenters. The molecule has 0 aliphatic heterocycles. The van der Waals surface area contributed by atoms with Crippen LogP contribution < -0.4 is 0 Å². The minimum atomic E-state index is -0.125. The van der Waals surface area contributed by atoms with Gasteiger partial charge in [0.25, 0.3) is 0 Å². The number of aryl methyl sites for hydroxylation is 1. The van der Waals surface area contributed by atoms with E-state index in [1.165, 1.54) is 54.8 Å². The van der Waals surface area contributed by atoms with Gasteiger partial charge in [0.05, 0.1) is 5.76 Å². The number of nitrogens with zero attached hydrogens (tertiary/aromatic N) is 1. The fraction of sp³-hybridized carbons (Fsp3) is 0.355.